The largest absolute Gasteiger partial charge is 0.394 e. The van der Waals surface area contributed by atoms with Gasteiger partial charge < -0.3 is 10.4 Å². The van der Waals surface area contributed by atoms with Crippen LogP contribution in [0.4, 0.5) is 0 Å². The number of hydrazine groups is 1. The molecule has 0 spiro atoms. The number of carbonyl (C=O) groups is 1. The molecule has 18 heavy (non-hydrogen) atoms. The molecule has 0 saturated carbocycles. The van der Waals surface area contributed by atoms with Gasteiger partial charge in [-0.1, -0.05) is 19.1 Å². The third-order valence-electron chi connectivity index (χ3n) is 2.73. The van der Waals surface area contributed by atoms with Crippen LogP contribution in [0, 0.1) is 0 Å². The van der Waals surface area contributed by atoms with Gasteiger partial charge in [0.2, 0.25) is 0 Å². The van der Waals surface area contributed by atoms with Gasteiger partial charge in [-0.15, -0.1) is 0 Å². The van der Waals surface area contributed by atoms with Crippen LogP contribution < -0.4 is 16.2 Å². The number of amides is 1. The van der Waals surface area contributed by atoms with Gasteiger partial charge in [-0.05, 0) is 31.2 Å². The highest BCUT2D eigenvalue weighted by atomic mass is 16.3. The van der Waals surface area contributed by atoms with Gasteiger partial charge >= 0.3 is 0 Å². The van der Waals surface area contributed by atoms with E-state index in [1.807, 2.05) is 26.1 Å². The predicted molar refractivity (Wildman–Crippen MR) is 71.0 cm³/mol. The number of carbonyl (C=O) groups excluding carboxylic acids is 1. The van der Waals surface area contributed by atoms with Crippen molar-refractivity contribution in [3.8, 4) is 0 Å². The molecule has 0 aliphatic rings. The minimum Gasteiger partial charge on any atom is -0.394 e. The molecule has 4 N–H and O–H groups in total. The van der Waals surface area contributed by atoms with Crippen molar-refractivity contribution >= 4 is 5.91 Å². The highest BCUT2D eigenvalue weighted by molar-refractivity contribution is 5.94. The Bertz CT molecular complexity index is 361. The highest BCUT2D eigenvalue weighted by Gasteiger charge is 2.10. The first-order valence-corrected chi connectivity index (χ1v) is 6.11. The molecule has 1 amide bonds. The van der Waals surface area contributed by atoms with Crippen molar-refractivity contribution in [2.75, 3.05) is 13.7 Å². The summed E-state index contributed by atoms with van der Waals surface area (Å²) in [6, 6.07) is 7.19. The Morgan fingerprint density at radius 1 is 1.33 bits per heavy atom. The zero-order valence-corrected chi connectivity index (χ0v) is 10.9. The van der Waals surface area contributed by atoms with Gasteiger partial charge in [0.25, 0.3) is 5.91 Å². The minimum absolute atomic E-state index is 0.0353. The van der Waals surface area contributed by atoms with Crippen LogP contribution in [0.15, 0.2) is 24.3 Å². The number of aliphatic hydroxyl groups excluding tert-OH is 1. The van der Waals surface area contributed by atoms with Crippen molar-refractivity contribution < 1.29 is 9.90 Å². The van der Waals surface area contributed by atoms with Crippen molar-refractivity contribution in [2.24, 2.45) is 0 Å². The first-order valence-electron chi connectivity index (χ1n) is 6.11. The van der Waals surface area contributed by atoms with E-state index in [0.29, 0.717) is 18.5 Å². The normalized spacial score (nSPS) is 12.2. The van der Waals surface area contributed by atoms with Gasteiger partial charge in [-0.3, -0.25) is 15.6 Å². The maximum absolute atomic E-state index is 11.8. The van der Waals surface area contributed by atoms with E-state index in [1.165, 1.54) is 0 Å². The van der Waals surface area contributed by atoms with Crippen molar-refractivity contribution in [2.45, 2.75) is 25.9 Å². The smallest absolute Gasteiger partial charge is 0.251 e. The maximum Gasteiger partial charge on any atom is 0.251 e. The first kappa shape index (κ1) is 14.6. The fourth-order valence-electron chi connectivity index (χ4n) is 1.51. The second-order valence-electron chi connectivity index (χ2n) is 4.06. The monoisotopic (exact) mass is 251 g/mol. The Labute approximate surface area is 108 Å². The summed E-state index contributed by atoms with van der Waals surface area (Å²) in [5.41, 5.74) is 7.52. The van der Waals surface area contributed by atoms with E-state index in [1.54, 1.807) is 12.1 Å². The Morgan fingerprint density at radius 2 is 2.00 bits per heavy atom. The molecule has 5 nitrogen and oxygen atoms in total. The molecule has 0 radical (unpaired) electrons. The Balaban J connectivity index is 2.58. The molecule has 0 aliphatic heterocycles. The zero-order chi connectivity index (χ0) is 13.4. The molecule has 0 heterocycles. The van der Waals surface area contributed by atoms with Gasteiger partial charge in [0.05, 0.1) is 12.6 Å². The predicted octanol–water partition coefficient (Wildman–Crippen LogP) is 0.411. The lowest BCUT2D eigenvalue weighted by atomic mass is 10.1. The van der Waals surface area contributed by atoms with Crippen LogP contribution in [0.5, 0.6) is 0 Å². The first-order chi connectivity index (χ1) is 8.71. The van der Waals surface area contributed by atoms with Crippen LogP contribution in [-0.2, 0) is 6.54 Å². The van der Waals surface area contributed by atoms with Gasteiger partial charge in [-0.2, -0.15) is 0 Å². The van der Waals surface area contributed by atoms with Crippen LogP contribution in [0.1, 0.15) is 29.3 Å². The maximum atomic E-state index is 11.8. The summed E-state index contributed by atoms with van der Waals surface area (Å²) >= 11 is 0. The Kier molecular flexibility index (Phi) is 6.35. The molecule has 100 valence electrons. The molecule has 0 fully saturated rings. The Hall–Kier alpha value is -1.43. The molecule has 0 bridgehead atoms. The fourth-order valence-corrected chi connectivity index (χ4v) is 1.51. The quantitative estimate of drug-likeness (QED) is 0.530. The third kappa shape index (κ3) is 4.44. The molecule has 0 aromatic heterocycles. The lowest BCUT2D eigenvalue weighted by Crippen LogP contribution is -2.36. The van der Waals surface area contributed by atoms with E-state index < -0.39 is 0 Å². The van der Waals surface area contributed by atoms with Gasteiger partial charge in [0, 0.05) is 12.1 Å². The summed E-state index contributed by atoms with van der Waals surface area (Å²) < 4.78 is 0. The number of aliphatic hydroxyl groups is 1. The summed E-state index contributed by atoms with van der Waals surface area (Å²) in [4.78, 5) is 11.8. The van der Waals surface area contributed by atoms with Crippen molar-refractivity contribution in [3.63, 3.8) is 0 Å². The molecular formula is C13H21N3O2. The van der Waals surface area contributed by atoms with Crippen molar-refractivity contribution in [1.82, 2.24) is 16.2 Å². The van der Waals surface area contributed by atoms with Crippen molar-refractivity contribution in [3.05, 3.63) is 35.4 Å². The molecule has 0 saturated heterocycles. The third-order valence-corrected chi connectivity index (χ3v) is 2.73. The SMILES string of the molecule is CCC(CO)NC(=O)c1ccc(CNNC)cc1. The van der Waals surface area contributed by atoms with Crippen LogP contribution in [-0.4, -0.2) is 30.7 Å². The van der Waals surface area contributed by atoms with Crippen molar-refractivity contribution in [1.29, 1.82) is 0 Å². The molecule has 5 heteroatoms. The number of hydrogen-bond acceptors (Lipinski definition) is 4. The summed E-state index contributed by atoms with van der Waals surface area (Å²) in [6.07, 6.45) is 0.715. The van der Waals surface area contributed by atoms with E-state index in [2.05, 4.69) is 16.2 Å². The lowest BCUT2D eigenvalue weighted by Gasteiger charge is -2.14. The number of hydrogen-bond donors (Lipinski definition) is 4. The number of benzene rings is 1. The summed E-state index contributed by atoms with van der Waals surface area (Å²) in [6.45, 7) is 2.59. The molecule has 1 rings (SSSR count). The van der Waals surface area contributed by atoms with E-state index in [4.69, 9.17) is 5.11 Å². The minimum atomic E-state index is -0.178. The number of rotatable bonds is 7. The second kappa shape index (κ2) is 7.81. The number of nitrogens with one attached hydrogen (secondary N) is 3. The standard InChI is InChI=1S/C13H21N3O2/c1-3-12(9-17)16-13(18)11-6-4-10(5-7-11)8-15-14-2/h4-7,12,14-15,17H,3,8-9H2,1-2H3,(H,16,18). The highest BCUT2D eigenvalue weighted by Crippen LogP contribution is 2.05. The summed E-state index contributed by atoms with van der Waals surface area (Å²) in [7, 11) is 1.81. The molecule has 1 unspecified atom stereocenters. The van der Waals surface area contributed by atoms with Crippen LogP contribution in [0.25, 0.3) is 0 Å². The molecular weight excluding hydrogens is 230 g/mol. The lowest BCUT2D eigenvalue weighted by molar-refractivity contribution is 0.0915. The van der Waals surface area contributed by atoms with Gasteiger partial charge in [0.1, 0.15) is 0 Å². The topological polar surface area (TPSA) is 73.4 Å². The summed E-state index contributed by atoms with van der Waals surface area (Å²) in [5, 5.41) is 11.8. The molecule has 1 atom stereocenters. The molecule has 1 aromatic rings. The van der Waals surface area contributed by atoms with E-state index in [0.717, 1.165) is 5.56 Å². The van der Waals surface area contributed by atoms with E-state index >= 15 is 0 Å². The van der Waals surface area contributed by atoms with Crippen LogP contribution >= 0.6 is 0 Å². The molecule has 1 aromatic carbocycles. The second-order valence-corrected chi connectivity index (χ2v) is 4.06. The zero-order valence-electron chi connectivity index (χ0n) is 10.9. The Morgan fingerprint density at radius 3 is 2.50 bits per heavy atom. The van der Waals surface area contributed by atoms with Gasteiger partial charge in [0.15, 0.2) is 0 Å². The summed E-state index contributed by atoms with van der Waals surface area (Å²) in [5.74, 6) is -0.149. The average molecular weight is 251 g/mol. The van der Waals surface area contributed by atoms with Crippen LogP contribution in [0.2, 0.25) is 0 Å². The van der Waals surface area contributed by atoms with Crippen LogP contribution in [0.3, 0.4) is 0 Å². The average Bonchev–Trinajstić information content (AvgIpc) is 2.42. The fraction of sp³-hybridized carbons (Fsp3) is 0.462. The van der Waals surface area contributed by atoms with E-state index in [9.17, 15) is 4.79 Å². The van der Waals surface area contributed by atoms with Gasteiger partial charge in [-0.25, -0.2) is 0 Å². The van der Waals surface area contributed by atoms with E-state index in [-0.39, 0.29) is 18.6 Å². The molecule has 0 aliphatic carbocycles.